The fourth-order valence-corrected chi connectivity index (χ4v) is 2.52. The molecule has 1 aromatic heterocycles. The molecule has 3 rings (SSSR count). The number of hydrogen-bond donors (Lipinski definition) is 0. The number of halogens is 3. The zero-order chi connectivity index (χ0) is 12.8. The number of aromatic nitrogens is 1. The molecular weight excluding hydrogens is 263 g/mol. The van der Waals surface area contributed by atoms with Gasteiger partial charge < -0.3 is 4.74 Å². The fraction of sp³-hybridized carbons (Fsp3) is 0.250. The zero-order valence-electron chi connectivity index (χ0n) is 9.12. The van der Waals surface area contributed by atoms with Crippen molar-refractivity contribution in [1.29, 1.82) is 0 Å². The van der Waals surface area contributed by atoms with Gasteiger partial charge in [-0.05, 0) is 17.7 Å². The molecule has 1 saturated heterocycles. The van der Waals surface area contributed by atoms with E-state index in [9.17, 15) is 13.2 Å². The molecule has 0 bridgehead atoms. The van der Waals surface area contributed by atoms with Crippen molar-refractivity contribution in [2.24, 2.45) is 0 Å². The third kappa shape index (κ3) is 1.72. The van der Waals surface area contributed by atoms with Crippen LogP contribution in [-0.4, -0.2) is 18.2 Å². The van der Waals surface area contributed by atoms with E-state index in [-0.39, 0.29) is 29.3 Å². The monoisotopic (exact) mass is 271 g/mol. The Hall–Kier alpha value is -1.40. The van der Waals surface area contributed by atoms with Crippen molar-refractivity contribution in [3.8, 4) is 10.6 Å². The quantitative estimate of drug-likeness (QED) is 0.836. The molecule has 1 aromatic carbocycles. The highest BCUT2D eigenvalue weighted by Crippen LogP contribution is 2.37. The van der Waals surface area contributed by atoms with Crippen molar-refractivity contribution in [2.75, 3.05) is 13.2 Å². The van der Waals surface area contributed by atoms with Gasteiger partial charge in [0.05, 0.1) is 18.8 Å². The Bertz CT molecular complexity index is 558. The van der Waals surface area contributed by atoms with Gasteiger partial charge in [0.25, 0.3) is 0 Å². The molecule has 0 radical (unpaired) electrons. The maximum absolute atomic E-state index is 14.0. The van der Waals surface area contributed by atoms with Crippen LogP contribution in [0.2, 0.25) is 0 Å². The highest BCUT2D eigenvalue weighted by atomic mass is 32.1. The van der Waals surface area contributed by atoms with Crippen molar-refractivity contribution in [3.05, 3.63) is 40.9 Å². The molecule has 2 heterocycles. The number of hydrogen-bond acceptors (Lipinski definition) is 3. The molecule has 2 nitrogen and oxygen atoms in total. The summed E-state index contributed by atoms with van der Waals surface area (Å²) in [7, 11) is 0. The van der Waals surface area contributed by atoms with Gasteiger partial charge in [-0.3, -0.25) is 0 Å². The van der Waals surface area contributed by atoms with Gasteiger partial charge in [-0.2, -0.15) is 0 Å². The van der Waals surface area contributed by atoms with Crippen LogP contribution < -0.4 is 0 Å². The zero-order valence-corrected chi connectivity index (χ0v) is 9.94. The van der Waals surface area contributed by atoms with Crippen molar-refractivity contribution >= 4 is 11.3 Å². The van der Waals surface area contributed by atoms with E-state index in [0.717, 1.165) is 23.5 Å². The molecule has 0 N–H and O–H groups in total. The number of thiazole rings is 1. The van der Waals surface area contributed by atoms with Crippen molar-refractivity contribution < 1.29 is 17.9 Å². The Morgan fingerprint density at radius 3 is 2.33 bits per heavy atom. The second kappa shape index (κ2) is 4.07. The number of rotatable bonds is 2. The first-order valence-electron chi connectivity index (χ1n) is 5.26. The lowest BCUT2D eigenvalue weighted by atomic mass is 9.93. The molecule has 0 saturated carbocycles. The Labute approximate surface area is 105 Å². The summed E-state index contributed by atoms with van der Waals surface area (Å²) in [5, 5.41) is 1.87. The molecule has 18 heavy (non-hydrogen) atoms. The van der Waals surface area contributed by atoms with Crippen LogP contribution in [-0.2, 0) is 10.4 Å². The average molecular weight is 271 g/mol. The van der Waals surface area contributed by atoms with Crippen molar-refractivity contribution in [2.45, 2.75) is 5.67 Å². The van der Waals surface area contributed by atoms with Crippen LogP contribution in [0.15, 0.2) is 23.7 Å². The largest absolute Gasteiger partial charge is 0.374 e. The summed E-state index contributed by atoms with van der Waals surface area (Å²) in [6.45, 7) is -0.328. The molecule has 0 amide bonds. The number of ether oxygens (including phenoxy) is 1. The van der Waals surface area contributed by atoms with Gasteiger partial charge in [-0.15, -0.1) is 11.3 Å². The van der Waals surface area contributed by atoms with E-state index in [1.807, 2.05) is 0 Å². The summed E-state index contributed by atoms with van der Waals surface area (Å²) in [4.78, 5) is 3.85. The summed E-state index contributed by atoms with van der Waals surface area (Å²) in [6, 6.07) is 2.03. The molecule has 1 aliphatic heterocycles. The number of alkyl halides is 1. The number of nitrogens with zero attached hydrogens (tertiary/aromatic N) is 1. The second-order valence-electron chi connectivity index (χ2n) is 4.11. The predicted molar refractivity (Wildman–Crippen MR) is 61.1 cm³/mol. The fourth-order valence-electron chi connectivity index (χ4n) is 1.83. The first-order valence-corrected chi connectivity index (χ1v) is 6.14. The average Bonchev–Trinajstić information content (AvgIpc) is 2.78. The van der Waals surface area contributed by atoms with Crippen LogP contribution in [0.25, 0.3) is 10.6 Å². The van der Waals surface area contributed by atoms with Gasteiger partial charge in [-0.1, -0.05) is 0 Å². The van der Waals surface area contributed by atoms with Crippen molar-refractivity contribution in [3.63, 3.8) is 0 Å². The lowest BCUT2D eigenvalue weighted by Crippen LogP contribution is -2.42. The summed E-state index contributed by atoms with van der Waals surface area (Å²) >= 11 is 1.13. The highest BCUT2D eigenvalue weighted by Gasteiger charge is 2.41. The van der Waals surface area contributed by atoms with E-state index in [2.05, 4.69) is 4.98 Å². The Morgan fingerprint density at radius 1 is 1.22 bits per heavy atom. The number of benzene rings is 1. The van der Waals surface area contributed by atoms with Gasteiger partial charge in [-0.25, -0.2) is 18.2 Å². The SMILES string of the molecule is Fc1cc(C2(F)COC2)cc(F)c1-c1nccs1. The smallest absolute Gasteiger partial charge is 0.182 e. The molecule has 2 aromatic rings. The third-order valence-electron chi connectivity index (χ3n) is 2.87. The second-order valence-corrected chi connectivity index (χ2v) is 5.00. The maximum atomic E-state index is 14.0. The molecule has 0 atom stereocenters. The van der Waals surface area contributed by atoms with E-state index in [4.69, 9.17) is 4.74 Å². The minimum absolute atomic E-state index is 0.0240. The van der Waals surface area contributed by atoms with Crippen LogP contribution in [0.3, 0.4) is 0 Å². The van der Waals surface area contributed by atoms with Gasteiger partial charge in [0, 0.05) is 11.6 Å². The molecule has 1 aliphatic rings. The normalized spacial score (nSPS) is 17.5. The topological polar surface area (TPSA) is 22.1 Å². The van der Waals surface area contributed by atoms with Crippen LogP contribution >= 0.6 is 11.3 Å². The molecule has 0 aliphatic carbocycles. The van der Waals surface area contributed by atoms with E-state index in [1.165, 1.54) is 6.20 Å². The van der Waals surface area contributed by atoms with Gasteiger partial charge >= 0.3 is 0 Å². The summed E-state index contributed by atoms with van der Waals surface area (Å²) < 4.78 is 46.5. The highest BCUT2D eigenvalue weighted by molar-refractivity contribution is 7.13. The molecule has 6 heteroatoms. The van der Waals surface area contributed by atoms with Crippen LogP contribution in [0, 0.1) is 11.6 Å². The molecule has 0 unspecified atom stereocenters. The van der Waals surface area contributed by atoms with E-state index >= 15 is 0 Å². The lowest BCUT2D eigenvalue weighted by Gasteiger charge is -2.34. The first-order chi connectivity index (χ1) is 8.60. The Kier molecular flexibility index (Phi) is 2.64. The summed E-state index contributed by atoms with van der Waals surface area (Å²) in [6.07, 6.45) is 1.46. The standard InChI is InChI=1S/C12H8F3NOS/c13-8-3-7(12(15)5-17-6-12)4-9(14)10(8)11-16-1-2-18-11/h1-4H,5-6H2. The van der Waals surface area contributed by atoms with Gasteiger partial charge in [0.2, 0.25) is 0 Å². The lowest BCUT2D eigenvalue weighted by molar-refractivity contribution is -0.135. The van der Waals surface area contributed by atoms with Gasteiger partial charge in [0.15, 0.2) is 5.67 Å². The van der Waals surface area contributed by atoms with E-state index in [1.54, 1.807) is 5.38 Å². The third-order valence-corrected chi connectivity index (χ3v) is 3.66. The Balaban J connectivity index is 2.09. The molecule has 0 spiro atoms. The minimum atomic E-state index is -1.77. The summed E-state index contributed by atoms with van der Waals surface area (Å²) in [5.74, 6) is -1.60. The van der Waals surface area contributed by atoms with Crippen LogP contribution in [0.5, 0.6) is 0 Å². The Morgan fingerprint density at radius 2 is 1.89 bits per heavy atom. The van der Waals surface area contributed by atoms with Crippen LogP contribution in [0.4, 0.5) is 13.2 Å². The molecule has 94 valence electrons. The maximum Gasteiger partial charge on any atom is 0.182 e. The van der Waals surface area contributed by atoms with Crippen LogP contribution in [0.1, 0.15) is 5.56 Å². The van der Waals surface area contributed by atoms with E-state index in [0.29, 0.717) is 0 Å². The predicted octanol–water partition coefficient (Wildman–Crippen LogP) is 3.28. The summed E-state index contributed by atoms with van der Waals surface area (Å²) in [5.41, 5.74) is -2.01. The first kappa shape index (κ1) is 11.7. The molecule has 1 fully saturated rings. The van der Waals surface area contributed by atoms with Crippen molar-refractivity contribution in [1.82, 2.24) is 4.98 Å². The molecular formula is C12H8F3NOS. The minimum Gasteiger partial charge on any atom is -0.374 e. The van der Waals surface area contributed by atoms with E-state index < -0.39 is 17.3 Å². The van der Waals surface area contributed by atoms with Gasteiger partial charge in [0.1, 0.15) is 16.6 Å².